The first-order valence-corrected chi connectivity index (χ1v) is 8.13. The lowest BCUT2D eigenvalue weighted by atomic mass is 10.1. The molecule has 0 bridgehead atoms. The van der Waals surface area contributed by atoms with Crippen LogP contribution in [0.1, 0.15) is 27.3 Å². The van der Waals surface area contributed by atoms with Crippen molar-refractivity contribution in [3.8, 4) is 11.4 Å². The molecule has 0 aliphatic rings. The molecule has 0 radical (unpaired) electrons. The summed E-state index contributed by atoms with van der Waals surface area (Å²) in [4.78, 5) is 12.6. The lowest BCUT2D eigenvalue weighted by molar-refractivity contribution is 0.0921. The largest absolute Gasteiger partial charge is 0.485 e. The monoisotopic (exact) mass is 337 g/mol. The van der Waals surface area contributed by atoms with Crippen molar-refractivity contribution in [1.29, 1.82) is 0 Å². The highest BCUT2D eigenvalue weighted by atomic mass is 19.1. The van der Waals surface area contributed by atoms with Gasteiger partial charge in [0.1, 0.15) is 11.6 Å². The first kappa shape index (κ1) is 17.0. The van der Waals surface area contributed by atoms with Crippen LogP contribution in [0, 0.1) is 26.6 Å². The summed E-state index contributed by atoms with van der Waals surface area (Å²) in [6.07, 6.45) is 0. The molecule has 25 heavy (non-hydrogen) atoms. The Hall–Kier alpha value is -2.88. The van der Waals surface area contributed by atoms with Crippen LogP contribution >= 0.6 is 0 Å². The van der Waals surface area contributed by atoms with E-state index in [-0.39, 0.29) is 18.2 Å². The minimum Gasteiger partial charge on any atom is -0.485 e. The van der Waals surface area contributed by atoms with Crippen LogP contribution in [-0.2, 0) is 0 Å². The van der Waals surface area contributed by atoms with Crippen LogP contribution in [0.3, 0.4) is 0 Å². The van der Waals surface area contributed by atoms with Gasteiger partial charge in [0.2, 0.25) is 5.78 Å². The van der Waals surface area contributed by atoms with Crippen molar-refractivity contribution >= 4 is 5.78 Å². The van der Waals surface area contributed by atoms with E-state index in [1.807, 2.05) is 55.7 Å². The number of aromatic nitrogens is 1. The molecule has 1 heterocycles. The van der Waals surface area contributed by atoms with Crippen molar-refractivity contribution < 1.29 is 13.9 Å². The van der Waals surface area contributed by atoms with E-state index in [0.29, 0.717) is 11.3 Å². The summed E-state index contributed by atoms with van der Waals surface area (Å²) in [5.41, 5.74) is 4.33. The van der Waals surface area contributed by atoms with Gasteiger partial charge < -0.3 is 9.30 Å². The zero-order valence-electron chi connectivity index (χ0n) is 14.5. The maximum absolute atomic E-state index is 13.1. The summed E-state index contributed by atoms with van der Waals surface area (Å²) >= 11 is 0. The fraction of sp³-hybridized carbons (Fsp3) is 0.190. The van der Waals surface area contributed by atoms with Crippen molar-refractivity contribution in [2.75, 3.05) is 6.61 Å². The average Bonchev–Trinajstić information content (AvgIpc) is 2.90. The molecule has 3 rings (SSSR count). The Morgan fingerprint density at radius 3 is 2.28 bits per heavy atom. The van der Waals surface area contributed by atoms with Crippen LogP contribution in [0.5, 0.6) is 5.75 Å². The number of ether oxygens (including phenoxy) is 1. The Labute approximate surface area is 146 Å². The third-order valence-electron chi connectivity index (χ3n) is 4.21. The number of benzene rings is 2. The van der Waals surface area contributed by atoms with E-state index in [1.54, 1.807) is 12.1 Å². The zero-order chi connectivity index (χ0) is 18.0. The fourth-order valence-electron chi connectivity index (χ4n) is 2.89. The highest BCUT2D eigenvalue weighted by Gasteiger charge is 2.17. The normalized spacial score (nSPS) is 10.7. The molecule has 0 saturated heterocycles. The van der Waals surface area contributed by atoms with Gasteiger partial charge in [-0.25, -0.2) is 4.39 Å². The van der Waals surface area contributed by atoms with E-state index >= 15 is 0 Å². The Balaban J connectivity index is 1.80. The molecule has 2 aromatic carbocycles. The Morgan fingerprint density at radius 2 is 1.64 bits per heavy atom. The number of Topliss-reactive ketones (excluding diaryl/α,β-unsaturated/α-hetero) is 1. The lowest BCUT2D eigenvalue weighted by Crippen LogP contribution is -2.12. The zero-order valence-corrected chi connectivity index (χ0v) is 14.5. The molecular formula is C21H20FNO2. The molecule has 0 aliphatic carbocycles. The lowest BCUT2D eigenvalue weighted by Gasteiger charge is -2.10. The first-order valence-electron chi connectivity index (χ1n) is 8.13. The molecule has 0 atom stereocenters. The van der Waals surface area contributed by atoms with Gasteiger partial charge >= 0.3 is 0 Å². The number of ketones is 1. The third-order valence-corrected chi connectivity index (χ3v) is 4.21. The number of aryl methyl sites for hydroxylation is 2. The van der Waals surface area contributed by atoms with Crippen molar-refractivity contribution in [2.45, 2.75) is 20.8 Å². The molecule has 0 amide bonds. The highest BCUT2D eigenvalue weighted by molar-refractivity contribution is 5.98. The SMILES string of the molecule is Cc1ccc(OCC(=O)c2cc(C)n(-c3ccc(F)cc3)c2C)cc1. The number of rotatable bonds is 5. The standard InChI is InChI=1S/C21H20FNO2/c1-14-4-10-19(11-5-14)25-13-21(24)20-12-15(2)23(16(20)3)18-8-6-17(22)7-9-18/h4-12H,13H2,1-3H3. The van der Waals surface area contributed by atoms with E-state index in [0.717, 1.165) is 22.6 Å². The molecule has 0 aliphatic heterocycles. The van der Waals surface area contributed by atoms with Crippen LogP contribution < -0.4 is 4.74 Å². The topological polar surface area (TPSA) is 31.2 Å². The molecule has 0 N–H and O–H groups in total. The smallest absolute Gasteiger partial charge is 0.202 e. The van der Waals surface area contributed by atoms with Gasteiger partial charge in [-0.2, -0.15) is 0 Å². The van der Waals surface area contributed by atoms with E-state index < -0.39 is 0 Å². The predicted molar refractivity (Wildman–Crippen MR) is 96.2 cm³/mol. The third kappa shape index (κ3) is 3.63. The summed E-state index contributed by atoms with van der Waals surface area (Å²) in [6.45, 7) is 5.79. The van der Waals surface area contributed by atoms with Crippen molar-refractivity contribution in [1.82, 2.24) is 4.57 Å². The van der Waals surface area contributed by atoms with E-state index in [1.165, 1.54) is 12.1 Å². The first-order chi connectivity index (χ1) is 12.0. The Morgan fingerprint density at radius 1 is 1.00 bits per heavy atom. The molecule has 128 valence electrons. The molecule has 3 aromatic rings. The summed E-state index contributed by atoms with van der Waals surface area (Å²) in [5, 5.41) is 0. The highest BCUT2D eigenvalue weighted by Crippen LogP contribution is 2.22. The summed E-state index contributed by atoms with van der Waals surface area (Å²) in [7, 11) is 0. The molecule has 1 aromatic heterocycles. The second kappa shape index (κ2) is 6.93. The molecular weight excluding hydrogens is 317 g/mol. The quantitative estimate of drug-likeness (QED) is 0.626. The summed E-state index contributed by atoms with van der Waals surface area (Å²) < 4.78 is 20.7. The fourth-order valence-corrected chi connectivity index (χ4v) is 2.89. The minimum atomic E-state index is -0.283. The van der Waals surface area contributed by atoms with E-state index in [2.05, 4.69) is 0 Å². The predicted octanol–water partition coefficient (Wildman–Crippen LogP) is 4.80. The van der Waals surface area contributed by atoms with Crippen LogP contribution in [0.4, 0.5) is 4.39 Å². The molecule has 3 nitrogen and oxygen atoms in total. The van der Waals surface area contributed by atoms with Gasteiger partial charge in [-0.3, -0.25) is 4.79 Å². The molecule has 0 saturated carbocycles. The van der Waals surface area contributed by atoms with Crippen LogP contribution in [0.25, 0.3) is 5.69 Å². The second-order valence-corrected chi connectivity index (χ2v) is 6.12. The van der Waals surface area contributed by atoms with Gasteiger partial charge in [0.25, 0.3) is 0 Å². The van der Waals surface area contributed by atoms with Crippen LogP contribution in [-0.4, -0.2) is 17.0 Å². The Kier molecular flexibility index (Phi) is 4.70. The number of nitrogens with zero attached hydrogens (tertiary/aromatic N) is 1. The number of carbonyl (C=O) groups is 1. The van der Waals surface area contributed by atoms with E-state index in [9.17, 15) is 9.18 Å². The maximum atomic E-state index is 13.1. The summed E-state index contributed by atoms with van der Waals surface area (Å²) in [6, 6.07) is 15.7. The molecule has 4 heteroatoms. The van der Waals surface area contributed by atoms with Gasteiger partial charge in [0.15, 0.2) is 6.61 Å². The average molecular weight is 337 g/mol. The summed E-state index contributed by atoms with van der Waals surface area (Å²) in [5.74, 6) is 0.308. The second-order valence-electron chi connectivity index (χ2n) is 6.12. The maximum Gasteiger partial charge on any atom is 0.202 e. The number of halogens is 1. The molecule has 0 unspecified atom stereocenters. The number of hydrogen-bond donors (Lipinski definition) is 0. The van der Waals surface area contributed by atoms with Crippen molar-refractivity contribution in [3.05, 3.63) is 82.9 Å². The van der Waals surface area contributed by atoms with Crippen molar-refractivity contribution in [2.24, 2.45) is 0 Å². The van der Waals surface area contributed by atoms with Gasteiger partial charge in [-0.15, -0.1) is 0 Å². The van der Waals surface area contributed by atoms with Gasteiger partial charge in [-0.05, 0) is 63.2 Å². The van der Waals surface area contributed by atoms with E-state index in [4.69, 9.17) is 4.74 Å². The van der Waals surface area contributed by atoms with Gasteiger partial charge in [0.05, 0.1) is 0 Å². The van der Waals surface area contributed by atoms with Crippen LogP contribution in [0.15, 0.2) is 54.6 Å². The number of hydrogen-bond acceptors (Lipinski definition) is 2. The molecule has 0 fully saturated rings. The molecule has 0 spiro atoms. The van der Waals surface area contributed by atoms with Crippen molar-refractivity contribution in [3.63, 3.8) is 0 Å². The van der Waals surface area contributed by atoms with Crippen LogP contribution in [0.2, 0.25) is 0 Å². The van der Waals surface area contributed by atoms with Gasteiger partial charge in [-0.1, -0.05) is 17.7 Å². The number of carbonyl (C=O) groups excluding carboxylic acids is 1. The minimum absolute atomic E-state index is 0.0171. The Bertz CT molecular complexity index is 893. The van der Waals surface area contributed by atoms with Gasteiger partial charge in [0, 0.05) is 22.6 Å².